The molecule has 0 spiro atoms. The molecule has 1 amide bonds. The third-order valence-electron chi connectivity index (χ3n) is 5.37. The van der Waals surface area contributed by atoms with Gasteiger partial charge in [-0.25, -0.2) is 14.6 Å². The molecule has 2 aliphatic rings. The van der Waals surface area contributed by atoms with E-state index in [9.17, 15) is 4.79 Å². The van der Waals surface area contributed by atoms with E-state index < -0.39 is 6.10 Å². The number of morpholine rings is 1. The standard InChI is InChI=1S/C21H24N6O4S/c1-32-21-24-18(26-8-10-29-11-9-26)14-12-23-27(19(14)25-21)7-6-22-20(28)17-13-30-15-4-2-3-5-16(15)31-17/h2-5,12,17H,6-11,13H2,1H3,(H,22,28). The summed E-state index contributed by atoms with van der Waals surface area (Å²) >= 11 is 1.49. The summed E-state index contributed by atoms with van der Waals surface area (Å²) in [6.45, 7) is 3.98. The highest BCUT2D eigenvalue weighted by Gasteiger charge is 2.27. The highest BCUT2D eigenvalue weighted by Crippen LogP contribution is 2.31. The summed E-state index contributed by atoms with van der Waals surface area (Å²) in [5.74, 6) is 1.89. The Morgan fingerprint density at radius 2 is 2.03 bits per heavy atom. The van der Waals surface area contributed by atoms with E-state index in [0.717, 1.165) is 29.9 Å². The Kier molecular flexibility index (Phi) is 5.99. The molecule has 1 N–H and O–H groups in total. The molecule has 0 radical (unpaired) electrons. The largest absolute Gasteiger partial charge is 0.485 e. The van der Waals surface area contributed by atoms with Crippen LogP contribution in [0, 0.1) is 0 Å². The van der Waals surface area contributed by atoms with Crippen LogP contribution < -0.4 is 19.7 Å². The van der Waals surface area contributed by atoms with Gasteiger partial charge in [-0.15, -0.1) is 0 Å². The van der Waals surface area contributed by atoms with Gasteiger partial charge in [-0.05, 0) is 18.4 Å². The van der Waals surface area contributed by atoms with Gasteiger partial charge in [0.1, 0.15) is 12.4 Å². The van der Waals surface area contributed by atoms with Crippen LogP contribution in [0.1, 0.15) is 0 Å². The average molecular weight is 457 g/mol. The van der Waals surface area contributed by atoms with Crippen LogP contribution in [0.4, 0.5) is 5.82 Å². The summed E-state index contributed by atoms with van der Waals surface area (Å²) < 4.78 is 18.7. The van der Waals surface area contributed by atoms with Crippen LogP contribution >= 0.6 is 11.8 Å². The molecule has 2 aromatic heterocycles. The summed E-state index contributed by atoms with van der Waals surface area (Å²) in [6, 6.07) is 7.33. The summed E-state index contributed by atoms with van der Waals surface area (Å²) in [4.78, 5) is 24.1. The first-order valence-electron chi connectivity index (χ1n) is 10.5. The topological polar surface area (TPSA) is 104 Å². The number of rotatable bonds is 6. The molecular weight excluding hydrogens is 432 g/mol. The molecular formula is C21H24N6O4S. The zero-order valence-electron chi connectivity index (χ0n) is 17.7. The van der Waals surface area contributed by atoms with Crippen molar-refractivity contribution < 1.29 is 19.0 Å². The van der Waals surface area contributed by atoms with E-state index in [2.05, 4.69) is 20.3 Å². The molecule has 1 saturated heterocycles. The second kappa shape index (κ2) is 9.21. The van der Waals surface area contributed by atoms with Crippen LogP contribution in [0.25, 0.3) is 11.0 Å². The fourth-order valence-electron chi connectivity index (χ4n) is 3.74. The molecule has 0 saturated carbocycles. The van der Waals surface area contributed by atoms with Gasteiger partial charge in [0.05, 0.1) is 31.3 Å². The molecule has 2 aliphatic heterocycles. The Balaban J connectivity index is 1.26. The maximum Gasteiger partial charge on any atom is 0.264 e. The number of hydrogen-bond acceptors (Lipinski definition) is 9. The lowest BCUT2D eigenvalue weighted by Gasteiger charge is -2.28. The summed E-state index contributed by atoms with van der Waals surface area (Å²) in [5, 5.41) is 9.01. The van der Waals surface area contributed by atoms with E-state index in [1.54, 1.807) is 16.9 Å². The maximum atomic E-state index is 12.6. The number of hydrogen-bond donors (Lipinski definition) is 1. The average Bonchev–Trinajstić information content (AvgIpc) is 3.26. The molecule has 1 atom stereocenters. The molecule has 4 heterocycles. The van der Waals surface area contributed by atoms with Gasteiger partial charge in [0.2, 0.25) is 6.10 Å². The summed E-state index contributed by atoms with van der Waals surface area (Å²) in [6.07, 6.45) is 3.06. The van der Waals surface area contributed by atoms with Gasteiger partial charge in [-0.2, -0.15) is 5.10 Å². The number of para-hydroxylation sites is 2. The first-order chi connectivity index (χ1) is 15.7. The minimum atomic E-state index is -0.683. The smallest absolute Gasteiger partial charge is 0.264 e. The molecule has 168 valence electrons. The van der Waals surface area contributed by atoms with Crippen molar-refractivity contribution in [2.45, 2.75) is 17.8 Å². The number of aromatic nitrogens is 4. The van der Waals surface area contributed by atoms with Gasteiger partial charge >= 0.3 is 0 Å². The molecule has 0 bridgehead atoms. The van der Waals surface area contributed by atoms with Gasteiger partial charge in [0, 0.05) is 19.6 Å². The van der Waals surface area contributed by atoms with Crippen molar-refractivity contribution >= 4 is 34.5 Å². The number of nitrogens with zero attached hydrogens (tertiary/aromatic N) is 5. The summed E-state index contributed by atoms with van der Waals surface area (Å²) in [5.41, 5.74) is 0.756. The van der Waals surface area contributed by atoms with E-state index in [4.69, 9.17) is 19.2 Å². The lowest BCUT2D eigenvalue weighted by molar-refractivity contribution is -0.130. The Labute approximate surface area is 189 Å². The first kappa shape index (κ1) is 20.8. The van der Waals surface area contributed by atoms with Gasteiger partial charge < -0.3 is 24.4 Å². The highest BCUT2D eigenvalue weighted by atomic mass is 32.2. The molecule has 10 nitrogen and oxygen atoms in total. The van der Waals surface area contributed by atoms with Gasteiger partial charge in [0.25, 0.3) is 5.91 Å². The van der Waals surface area contributed by atoms with E-state index in [0.29, 0.717) is 43.0 Å². The molecule has 5 rings (SSSR count). The summed E-state index contributed by atoms with van der Waals surface area (Å²) in [7, 11) is 0. The Morgan fingerprint density at radius 3 is 2.84 bits per heavy atom. The van der Waals surface area contributed by atoms with Gasteiger partial charge in [-0.3, -0.25) is 4.79 Å². The Bertz CT molecular complexity index is 1120. The number of thioether (sulfide) groups is 1. The van der Waals surface area contributed by atoms with Gasteiger partial charge in [-0.1, -0.05) is 23.9 Å². The maximum absolute atomic E-state index is 12.6. The minimum absolute atomic E-state index is 0.181. The fraction of sp³-hybridized carbons (Fsp3) is 0.429. The van der Waals surface area contributed by atoms with Crippen molar-refractivity contribution in [2.75, 3.05) is 50.6 Å². The molecule has 1 aromatic carbocycles. The molecule has 3 aromatic rings. The minimum Gasteiger partial charge on any atom is -0.485 e. The van der Waals surface area contributed by atoms with Crippen LogP contribution in [0.3, 0.4) is 0 Å². The van der Waals surface area contributed by atoms with Crippen molar-refractivity contribution in [3.05, 3.63) is 30.5 Å². The van der Waals surface area contributed by atoms with E-state index >= 15 is 0 Å². The number of carbonyl (C=O) groups excluding carboxylic acids is 1. The van der Waals surface area contributed by atoms with Crippen LogP contribution in [0.15, 0.2) is 35.6 Å². The number of carbonyl (C=O) groups is 1. The SMILES string of the molecule is CSc1nc(N2CCOCC2)c2cnn(CCNC(=O)C3COc4ccccc4O3)c2n1. The monoisotopic (exact) mass is 456 g/mol. The molecule has 1 unspecified atom stereocenters. The highest BCUT2D eigenvalue weighted by molar-refractivity contribution is 7.98. The lowest BCUT2D eigenvalue weighted by Crippen LogP contribution is -2.44. The van der Waals surface area contributed by atoms with E-state index in [1.165, 1.54) is 11.8 Å². The van der Waals surface area contributed by atoms with Crippen LogP contribution in [-0.2, 0) is 16.1 Å². The van der Waals surface area contributed by atoms with E-state index in [-0.39, 0.29) is 12.5 Å². The first-order valence-corrected chi connectivity index (χ1v) is 11.7. The molecule has 11 heteroatoms. The molecule has 0 aliphatic carbocycles. The van der Waals surface area contributed by atoms with Gasteiger partial charge in [0.15, 0.2) is 22.3 Å². The number of amides is 1. The van der Waals surface area contributed by atoms with Crippen molar-refractivity contribution in [1.82, 2.24) is 25.1 Å². The predicted molar refractivity (Wildman–Crippen MR) is 119 cm³/mol. The van der Waals surface area contributed by atoms with Crippen molar-refractivity contribution in [3.8, 4) is 11.5 Å². The Morgan fingerprint density at radius 1 is 1.22 bits per heavy atom. The van der Waals surface area contributed by atoms with Crippen LogP contribution in [0.2, 0.25) is 0 Å². The zero-order chi connectivity index (χ0) is 21.9. The number of nitrogens with one attached hydrogen (secondary N) is 1. The van der Waals surface area contributed by atoms with Crippen molar-refractivity contribution in [1.29, 1.82) is 0 Å². The zero-order valence-corrected chi connectivity index (χ0v) is 18.5. The van der Waals surface area contributed by atoms with Crippen LogP contribution in [0.5, 0.6) is 11.5 Å². The Hall–Kier alpha value is -3.05. The third kappa shape index (κ3) is 4.17. The molecule has 1 fully saturated rings. The second-order valence-electron chi connectivity index (χ2n) is 7.39. The molecule has 32 heavy (non-hydrogen) atoms. The third-order valence-corrected chi connectivity index (χ3v) is 5.92. The quantitative estimate of drug-likeness (QED) is 0.435. The second-order valence-corrected chi connectivity index (χ2v) is 8.17. The number of benzene rings is 1. The predicted octanol–water partition coefficient (Wildman–Crippen LogP) is 1.34. The number of anilines is 1. The van der Waals surface area contributed by atoms with E-state index in [1.807, 2.05) is 24.5 Å². The van der Waals surface area contributed by atoms with Crippen LogP contribution in [-0.4, -0.2) is 77.5 Å². The number of ether oxygens (including phenoxy) is 3. The lowest BCUT2D eigenvalue weighted by atomic mass is 10.2. The van der Waals surface area contributed by atoms with Crippen molar-refractivity contribution in [3.63, 3.8) is 0 Å². The van der Waals surface area contributed by atoms with Crippen molar-refractivity contribution in [2.24, 2.45) is 0 Å². The fourth-order valence-corrected chi connectivity index (χ4v) is 4.10. The number of fused-ring (bicyclic) bond motifs is 2. The normalized spacial score (nSPS) is 18.0.